The highest BCUT2D eigenvalue weighted by Gasteiger charge is 2.46. The van der Waals surface area contributed by atoms with Gasteiger partial charge in [0.2, 0.25) is 11.8 Å². The second-order valence-electron chi connectivity index (χ2n) is 18.3. The molecule has 2 aromatic carbocycles. The zero-order valence-corrected chi connectivity index (χ0v) is 37.1. The molecule has 15 heteroatoms. The number of alkyl carbamates (subject to hydrolysis) is 2. The summed E-state index contributed by atoms with van der Waals surface area (Å²) in [5.74, 6) is 1.78. The lowest BCUT2D eigenvalue weighted by molar-refractivity contribution is -0.136. The number of nitrogens with one attached hydrogen (secondary N) is 5. The van der Waals surface area contributed by atoms with Crippen molar-refractivity contribution in [3.63, 3.8) is 0 Å². The van der Waals surface area contributed by atoms with Crippen molar-refractivity contribution in [1.29, 1.82) is 0 Å². The van der Waals surface area contributed by atoms with E-state index in [-0.39, 0.29) is 53.7 Å². The van der Waals surface area contributed by atoms with Crippen LogP contribution >= 0.6 is 0 Å². The highest BCUT2D eigenvalue weighted by Crippen LogP contribution is 2.55. The van der Waals surface area contributed by atoms with Crippen molar-refractivity contribution >= 4 is 24.0 Å². The lowest BCUT2D eigenvalue weighted by Crippen LogP contribution is -2.51. The molecule has 5 N–H and O–H groups in total. The van der Waals surface area contributed by atoms with Gasteiger partial charge < -0.3 is 45.2 Å². The largest absolute Gasteiger partial charge is 0.453 e. The number of hydrogen-bond acceptors (Lipinski definition) is 9. The molecule has 0 spiro atoms. The maximum atomic E-state index is 14.0. The van der Waals surface area contributed by atoms with Crippen LogP contribution in [0.4, 0.5) is 9.59 Å². The van der Waals surface area contributed by atoms with E-state index in [9.17, 15) is 19.2 Å². The molecule has 3 fully saturated rings. The molecule has 2 bridgehead atoms. The van der Waals surface area contributed by atoms with Crippen LogP contribution in [-0.2, 0) is 19.1 Å². The summed E-state index contributed by atoms with van der Waals surface area (Å²) in [7, 11) is 2.60. The number of benzene rings is 2. The summed E-state index contributed by atoms with van der Waals surface area (Å²) in [4.78, 5) is 72.4. The van der Waals surface area contributed by atoms with Gasteiger partial charge in [0.15, 0.2) is 0 Å². The molecule has 2 aromatic heterocycles. The van der Waals surface area contributed by atoms with Gasteiger partial charge in [-0.1, -0.05) is 84.4 Å². The van der Waals surface area contributed by atoms with Gasteiger partial charge in [-0.05, 0) is 77.2 Å². The van der Waals surface area contributed by atoms with E-state index >= 15 is 0 Å². The lowest BCUT2D eigenvalue weighted by atomic mass is 9.77. The van der Waals surface area contributed by atoms with Gasteiger partial charge in [0.05, 0.1) is 50.1 Å². The molecule has 4 aliphatic rings. The predicted molar refractivity (Wildman–Crippen MR) is 234 cm³/mol. The Morgan fingerprint density at radius 3 is 1.97 bits per heavy atom. The maximum absolute atomic E-state index is 14.0. The number of amides is 4. The molecule has 0 saturated carbocycles. The van der Waals surface area contributed by atoms with E-state index in [4.69, 9.17) is 19.4 Å². The number of hydrogen-bond donors (Lipinski definition) is 5. The van der Waals surface area contributed by atoms with Crippen molar-refractivity contribution in [2.24, 2.45) is 23.7 Å². The monoisotopic (exact) mass is 847 g/mol. The molecule has 4 aliphatic heterocycles. The van der Waals surface area contributed by atoms with Gasteiger partial charge in [0, 0.05) is 30.7 Å². The summed E-state index contributed by atoms with van der Waals surface area (Å²) in [6.45, 7) is 13.3. The lowest BCUT2D eigenvalue weighted by Gasteiger charge is -2.30. The first-order chi connectivity index (χ1) is 29.8. The van der Waals surface area contributed by atoms with Crippen molar-refractivity contribution in [2.45, 2.75) is 110 Å². The third kappa shape index (κ3) is 7.95. The van der Waals surface area contributed by atoms with Crippen molar-refractivity contribution in [3.05, 3.63) is 71.6 Å². The zero-order valence-electron chi connectivity index (χ0n) is 37.1. The molecule has 330 valence electrons. The van der Waals surface area contributed by atoms with Gasteiger partial charge in [-0.15, -0.1) is 0 Å². The Bertz CT molecular complexity index is 2300. The number of likely N-dealkylation sites (tertiary alicyclic amines) is 2. The maximum Gasteiger partial charge on any atom is 0.407 e. The Balaban J connectivity index is 1.04. The van der Waals surface area contributed by atoms with Crippen molar-refractivity contribution < 1.29 is 28.7 Å². The molecule has 6 heterocycles. The van der Waals surface area contributed by atoms with Crippen LogP contribution in [0.15, 0.2) is 48.8 Å². The zero-order chi connectivity index (χ0) is 44.0. The number of imidazole rings is 2. The Kier molecular flexibility index (Phi) is 12.2. The topological polar surface area (TPSA) is 187 Å². The normalized spacial score (nSPS) is 23.8. The standard InChI is InChI=1S/C47H61N9O6/c1-9-27-20-32-37-30(28-12-14-29(15-13-28)33-21-48-42(51-33)35-11-10-18-55(35)44(57)39(24(2)3)53-46(59)61-7)16-17-31(38(37)41(27)50-32)34-22-49-43(52-34)36-19-26(6)23-56(36)45(58)40(25(4)5)54-47(60)62-8/h12-17,21-22,24-27,32,35-36,39-41,50H,9-11,18-20,23H2,1-8H3,(H,48,51)(H,49,52)(H,53,59)(H,54,60). The molecule has 0 aliphatic carbocycles. The minimum Gasteiger partial charge on any atom is -0.453 e. The van der Waals surface area contributed by atoms with E-state index in [1.165, 1.54) is 30.9 Å². The average molecular weight is 848 g/mol. The summed E-state index contributed by atoms with van der Waals surface area (Å²) in [6, 6.07) is 11.6. The number of methoxy groups -OCH3 is 2. The minimum absolute atomic E-state index is 0.109. The summed E-state index contributed by atoms with van der Waals surface area (Å²) in [5.41, 5.74) is 8.90. The molecule has 4 amide bonds. The van der Waals surface area contributed by atoms with E-state index in [2.05, 4.69) is 76.2 Å². The highest BCUT2D eigenvalue weighted by molar-refractivity contribution is 5.87. The number of carbonyl (C=O) groups is 4. The van der Waals surface area contributed by atoms with Gasteiger partial charge in [-0.2, -0.15) is 0 Å². The van der Waals surface area contributed by atoms with E-state index in [1.54, 1.807) is 0 Å². The summed E-state index contributed by atoms with van der Waals surface area (Å²) in [6.07, 6.45) is 7.06. The number of aromatic amines is 2. The van der Waals surface area contributed by atoms with E-state index in [0.29, 0.717) is 19.0 Å². The van der Waals surface area contributed by atoms with Crippen molar-refractivity contribution in [3.8, 4) is 33.6 Å². The first-order valence-electron chi connectivity index (χ1n) is 22.2. The number of aromatic nitrogens is 4. The van der Waals surface area contributed by atoms with Gasteiger partial charge in [0.25, 0.3) is 0 Å². The Labute approximate surface area is 363 Å². The van der Waals surface area contributed by atoms with Crippen LogP contribution in [0.1, 0.15) is 121 Å². The van der Waals surface area contributed by atoms with E-state index in [1.807, 2.05) is 49.9 Å². The summed E-state index contributed by atoms with van der Waals surface area (Å²) >= 11 is 0. The molecular weight excluding hydrogens is 787 g/mol. The van der Waals surface area contributed by atoms with Crippen LogP contribution in [0.2, 0.25) is 0 Å². The Morgan fingerprint density at radius 2 is 1.34 bits per heavy atom. The van der Waals surface area contributed by atoms with Crippen molar-refractivity contribution in [2.75, 3.05) is 27.3 Å². The number of fused-ring (bicyclic) bond motifs is 5. The number of carbonyl (C=O) groups excluding carboxylic acids is 4. The number of rotatable bonds is 12. The van der Waals surface area contributed by atoms with Crippen molar-refractivity contribution in [1.82, 2.24) is 45.7 Å². The smallest absolute Gasteiger partial charge is 0.407 e. The second-order valence-corrected chi connectivity index (χ2v) is 18.3. The molecular formula is C47H61N9O6. The molecule has 8 unspecified atom stereocenters. The van der Waals surface area contributed by atoms with Gasteiger partial charge in [0.1, 0.15) is 23.7 Å². The quantitative estimate of drug-likeness (QED) is 0.0958. The minimum atomic E-state index is -0.707. The third-order valence-corrected chi connectivity index (χ3v) is 13.6. The fourth-order valence-electron chi connectivity index (χ4n) is 10.4. The van der Waals surface area contributed by atoms with Crippen LogP contribution in [0.25, 0.3) is 33.6 Å². The Hall–Kier alpha value is -5.70. The Morgan fingerprint density at radius 1 is 0.758 bits per heavy atom. The average Bonchev–Trinajstić information content (AvgIpc) is 4.14. The summed E-state index contributed by atoms with van der Waals surface area (Å²) in [5, 5.41) is 9.42. The van der Waals surface area contributed by atoms with Gasteiger partial charge in [-0.3, -0.25) is 9.59 Å². The number of nitrogens with zero attached hydrogens (tertiary/aromatic N) is 4. The highest BCUT2D eigenvalue weighted by atomic mass is 16.5. The van der Waals surface area contributed by atoms with E-state index in [0.717, 1.165) is 71.8 Å². The van der Waals surface area contributed by atoms with E-state index < -0.39 is 24.3 Å². The van der Waals surface area contributed by atoms with Gasteiger partial charge in [-0.25, -0.2) is 19.6 Å². The van der Waals surface area contributed by atoms with Gasteiger partial charge >= 0.3 is 12.2 Å². The molecule has 4 aromatic rings. The molecule has 62 heavy (non-hydrogen) atoms. The summed E-state index contributed by atoms with van der Waals surface area (Å²) < 4.78 is 9.63. The van der Waals surface area contributed by atoms with Crippen LogP contribution in [0.3, 0.4) is 0 Å². The molecule has 8 rings (SSSR count). The second kappa shape index (κ2) is 17.6. The van der Waals surface area contributed by atoms with Crippen LogP contribution in [0, 0.1) is 23.7 Å². The third-order valence-electron chi connectivity index (χ3n) is 13.6. The fraction of sp³-hybridized carbons (Fsp3) is 0.532. The number of H-pyrrole nitrogens is 2. The fourth-order valence-corrected chi connectivity index (χ4v) is 10.4. The van der Waals surface area contributed by atoms with Crippen LogP contribution in [0.5, 0.6) is 0 Å². The van der Waals surface area contributed by atoms with Crippen LogP contribution < -0.4 is 16.0 Å². The molecule has 15 nitrogen and oxygen atoms in total. The predicted octanol–water partition coefficient (Wildman–Crippen LogP) is 7.58. The first-order valence-corrected chi connectivity index (χ1v) is 22.2. The molecule has 8 atom stereocenters. The number of ether oxygens (including phenoxy) is 2. The molecule has 0 radical (unpaired) electrons. The SMILES string of the molecule is CCC1CC2NC1c1c(-c3cnc(C4CC(C)CN4C(=O)C(NC(=O)OC)C(C)C)[nH]3)ccc(-c3ccc(-c4cnc(C5CCCN5C(=O)C(NC(=O)OC)C(C)C)[nH]4)cc3)c12. The van der Waals surface area contributed by atoms with Crippen LogP contribution in [-0.4, -0.2) is 93.1 Å². The first kappa shape index (κ1) is 43.0. The molecule has 3 saturated heterocycles.